The van der Waals surface area contributed by atoms with Gasteiger partial charge in [0.1, 0.15) is 22.9 Å². The Labute approximate surface area is 155 Å². The molecule has 0 radical (unpaired) electrons. The van der Waals surface area contributed by atoms with Crippen LogP contribution in [0.2, 0.25) is 0 Å². The molecular formula is C19H20FN5O2. The highest BCUT2D eigenvalue weighted by Crippen LogP contribution is 2.32. The molecule has 1 aliphatic rings. The molecule has 0 aliphatic heterocycles. The summed E-state index contributed by atoms with van der Waals surface area (Å²) < 4.78 is 21.3. The Bertz CT molecular complexity index is 999. The van der Waals surface area contributed by atoms with E-state index >= 15 is 0 Å². The van der Waals surface area contributed by atoms with Crippen LogP contribution < -0.4 is 15.8 Å². The number of rotatable bonds is 6. The second kappa shape index (κ2) is 6.86. The molecule has 140 valence electrons. The summed E-state index contributed by atoms with van der Waals surface area (Å²) in [6, 6.07) is 6.01. The topological polar surface area (TPSA) is 94.5 Å². The van der Waals surface area contributed by atoms with E-state index in [9.17, 15) is 9.18 Å². The van der Waals surface area contributed by atoms with Gasteiger partial charge in [0.05, 0.1) is 18.3 Å². The van der Waals surface area contributed by atoms with E-state index in [4.69, 9.17) is 10.5 Å². The summed E-state index contributed by atoms with van der Waals surface area (Å²) in [5, 5.41) is 7.28. The average molecular weight is 369 g/mol. The number of anilines is 1. The highest BCUT2D eigenvalue weighted by molar-refractivity contribution is 5.98. The number of hydrogen-bond donors (Lipinski definition) is 2. The van der Waals surface area contributed by atoms with Crippen molar-refractivity contribution < 1.29 is 13.9 Å². The molecule has 2 heterocycles. The van der Waals surface area contributed by atoms with Crippen LogP contribution in [0.5, 0.6) is 5.75 Å². The first kappa shape index (κ1) is 17.3. The first-order chi connectivity index (χ1) is 13.0. The number of ether oxygens (including phenoxy) is 1. The van der Waals surface area contributed by atoms with Crippen molar-refractivity contribution in [2.24, 2.45) is 5.73 Å². The van der Waals surface area contributed by atoms with E-state index in [0.29, 0.717) is 22.8 Å². The first-order valence-electron chi connectivity index (χ1n) is 8.88. The van der Waals surface area contributed by atoms with E-state index in [2.05, 4.69) is 15.4 Å². The lowest BCUT2D eigenvalue weighted by Crippen LogP contribution is -2.25. The smallest absolute Gasteiger partial charge is 0.254 e. The normalized spacial score (nSPS) is 15.3. The van der Waals surface area contributed by atoms with Crippen LogP contribution in [0.4, 0.5) is 10.2 Å². The SMILES string of the molecule is C[C@@H](Nc1ccn2ncc(C(N)=O)c2n1)c1cc(F)ccc1OC1CCC1. The quantitative estimate of drug-likeness (QED) is 0.696. The van der Waals surface area contributed by atoms with Crippen LogP contribution in [0.1, 0.15) is 48.1 Å². The van der Waals surface area contributed by atoms with E-state index in [1.807, 2.05) is 6.92 Å². The molecule has 0 unspecified atom stereocenters. The number of halogens is 1. The molecule has 3 N–H and O–H groups in total. The number of hydrogen-bond acceptors (Lipinski definition) is 5. The van der Waals surface area contributed by atoms with E-state index in [1.54, 1.807) is 18.3 Å². The van der Waals surface area contributed by atoms with Gasteiger partial charge in [0.15, 0.2) is 5.65 Å². The van der Waals surface area contributed by atoms with E-state index in [-0.39, 0.29) is 23.5 Å². The summed E-state index contributed by atoms with van der Waals surface area (Å²) in [7, 11) is 0. The lowest BCUT2D eigenvalue weighted by atomic mass is 9.96. The fraction of sp³-hybridized carbons (Fsp3) is 0.316. The Balaban J connectivity index is 1.61. The number of benzene rings is 1. The van der Waals surface area contributed by atoms with Gasteiger partial charge in [-0.2, -0.15) is 5.10 Å². The van der Waals surface area contributed by atoms with Gasteiger partial charge in [-0.05, 0) is 50.5 Å². The third kappa shape index (κ3) is 3.42. The van der Waals surface area contributed by atoms with Gasteiger partial charge < -0.3 is 15.8 Å². The van der Waals surface area contributed by atoms with Crippen LogP contribution >= 0.6 is 0 Å². The summed E-state index contributed by atoms with van der Waals surface area (Å²) in [5.74, 6) is 0.278. The van der Waals surface area contributed by atoms with Crippen LogP contribution in [0, 0.1) is 5.82 Å². The molecule has 1 atom stereocenters. The summed E-state index contributed by atoms with van der Waals surface area (Å²) in [6.07, 6.45) is 6.46. The summed E-state index contributed by atoms with van der Waals surface area (Å²) in [6.45, 7) is 1.90. The van der Waals surface area contributed by atoms with Crippen LogP contribution in [-0.2, 0) is 0 Å². The zero-order chi connectivity index (χ0) is 19.0. The predicted molar refractivity (Wildman–Crippen MR) is 98.2 cm³/mol. The van der Waals surface area contributed by atoms with Gasteiger partial charge in [0.25, 0.3) is 5.91 Å². The molecule has 4 rings (SSSR count). The number of nitrogens with two attached hydrogens (primary N) is 1. The standard InChI is InChI=1S/C19H20FN5O2/c1-11(14-9-12(20)5-6-16(14)27-13-3-2-4-13)23-17-7-8-25-19(24-17)15(10-22-25)18(21)26/h5-11,13H,2-4H2,1H3,(H2,21,26)(H,23,24)/t11-/m1/s1. The second-order valence-corrected chi connectivity index (χ2v) is 6.72. The van der Waals surface area contributed by atoms with Gasteiger partial charge in [-0.1, -0.05) is 0 Å². The molecule has 1 fully saturated rings. The van der Waals surface area contributed by atoms with Crippen molar-refractivity contribution in [3.8, 4) is 5.75 Å². The molecule has 1 aliphatic carbocycles. The molecule has 1 aromatic carbocycles. The maximum Gasteiger partial charge on any atom is 0.254 e. The van der Waals surface area contributed by atoms with Crippen molar-refractivity contribution in [1.29, 1.82) is 0 Å². The van der Waals surface area contributed by atoms with Crippen LogP contribution in [-0.4, -0.2) is 26.6 Å². The predicted octanol–water partition coefficient (Wildman–Crippen LogP) is 3.07. The molecule has 8 heteroatoms. The Morgan fingerprint density at radius 2 is 2.22 bits per heavy atom. The zero-order valence-electron chi connectivity index (χ0n) is 14.9. The van der Waals surface area contributed by atoms with E-state index in [1.165, 1.54) is 22.8 Å². The number of carbonyl (C=O) groups excluding carboxylic acids is 1. The van der Waals surface area contributed by atoms with Gasteiger partial charge in [0, 0.05) is 11.8 Å². The van der Waals surface area contributed by atoms with Crippen LogP contribution in [0.15, 0.2) is 36.7 Å². The van der Waals surface area contributed by atoms with Crippen molar-refractivity contribution in [3.63, 3.8) is 0 Å². The monoisotopic (exact) mass is 369 g/mol. The lowest BCUT2D eigenvalue weighted by Gasteiger charge is -2.28. The number of aromatic nitrogens is 3. The minimum absolute atomic E-state index is 0.195. The number of amides is 1. The molecule has 0 bridgehead atoms. The fourth-order valence-electron chi connectivity index (χ4n) is 3.06. The van der Waals surface area contributed by atoms with Crippen molar-refractivity contribution in [2.45, 2.75) is 38.3 Å². The Hall–Kier alpha value is -3.16. The molecule has 2 aromatic heterocycles. The Morgan fingerprint density at radius 3 is 2.93 bits per heavy atom. The maximum atomic E-state index is 13.8. The summed E-state index contributed by atoms with van der Waals surface area (Å²) in [4.78, 5) is 15.9. The zero-order valence-corrected chi connectivity index (χ0v) is 14.9. The minimum atomic E-state index is -0.594. The van der Waals surface area contributed by atoms with Gasteiger partial charge in [-0.25, -0.2) is 13.9 Å². The average Bonchev–Trinajstić information content (AvgIpc) is 3.02. The molecule has 3 aromatic rings. The van der Waals surface area contributed by atoms with Gasteiger partial charge in [0.2, 0.25) is 0 Å². The Kier molecular flexibility index (Phi) is 4.39. The molecule has 0 saturated heterocycles. The number of nitrogens with zero attached hydrogens (tertiary/aromatic N) is 3. The van der Waals surface area contributed by atoms with Gasteiger partial charge in [-0.3, -0.25) is 4.79 Å². The number of nitrogens with one attached hydrogen (secondary N) is 1. The van der Waals surface area contributed by atoms with Crippen molar-refractivity contribution in [3.05, 3.63) is 53.6 Å². The first-order valence-corrected chi connectivity index (χ1v) is 8.88. The third-order valence-electron chi connectivity index (χ3n) is 4.78. The molecule has 0 spiro atoms. The molecule has 1 saturated carbocycles. The van der Waals surface area contributed by atoms with Crippen molar-refractivity contribution >= 4 is 17.4 Å². The highest BCUT2D eigenvalue weighted by atomic mass is 19.1. The molecule has 27 heavy (non-hydrogen) atoms. The highest BCUT2D eigenvalue weighted by Gasteiger charge is 2.22. The van der Waals surface area contributed by atoms with Gasteiger partial charge in [-0.15, -0.1) is 0 Å². The van der Waals surface area contributed by atoms with Gasteiger partial charge >= 0.3 is 0 Å². The molecular weight excluding hydrogens is 349 g/mol. The minimum Gasteiger partial charge on any atom is -0.490 e. The van der Waals surface area contributed by atoms with Crippen molar-refractivity contribution in [2.75, 3.05) is 5.32 Å². The number of fused-ring (bicyclic) bond motifs is 1. The third-order valence-corrected chi connectivity index (χ3v) is 4.78. The lowest BCUT2D eigenvalue weighted by molar-refractivity contribution is 0.100. The molecule has 1 amide bonds. The second-order valence-electron chi connectivity index (χ2n) is 6.72. The largest absolute Gasteiger partial charge is 0.490 e. The molecule has 7 nitrogen and oxygen atoms in total. The number of carbonyl (C=O) groups is 1. The summed E-state index contributed by atoms with van der Waals surface area (Å²) >= 11 is 0. The Morgan fingerprint density at radius 1 is 1.41 bits per heavy atom. The van der Waals surface area contributed by atoms with E-state index < -0.39 is 5.91 Å². The van der Waals surface area contributed by atoms with Crippen LogP contribution in [0.3, 0.4) is 0 Å². The van der Waals surface area contributed by atoms with Crippen molar-refractivity contribution in [1.82, 2.24) is 14.6 Å². The summed E-state index contributed by atoms with van der Waals surface area (Å²) in [5.41, 5.74) is 6.68. The maximum absolute atomic E-state index is 13.8. The fourth-order valence-corrected chi connectivity index (χ4v) is 3.06. The van der Waals surface area contributed by atoms with E-state index in [0.717, 1.165) is 19.3 Å². The number of primary amides is 1. The van der Waals surface area contributed by atoms with Crippen LogP contribution in [0.25, 0.3) is 5.65 Å².